The van der Waals surface area contributed by atoms with Crippen LogP contribution in [0.2, 0.25) is 0 Å². The average molecular weight is 445 g/mol. The van der Waals surface area contributed by atoms with Crippen molar-refractivity contribution in [1.82, 2.24) is 0 Å². The number of fused-ring (bicyclic) bond motifs is 5. The Hall–Kier alpha value is -0.830. The zero-order valence-electron chi connectivity index (χ0n) is 21.3. The van der Waals surface area contributed by atoms with Crippen molar-refractivity contribution in [1.29, 1.82) is 0 Å². The maximum absolute atomic E-state index is 11.7. The zero-order chi connectivity index (χ0) is 23.3. The molecule has 0 aromatic heterocycles. The molecule has 3 saturated carbocycles. The van der Waals surface area contributed by atoms with E-state index >= 15 is 0 Å². The minimum Gasteiger partial charge on any atom is -0.481 e. The lowest BCUT2D eigenvalue weighted by atomic mass is 9.44. The Labute approximate surface area is 196 Å². The molecule has 32 heavy (non-hydrogen) atoms. The summed E-state index contributed by atoms with van der Waals surface area (Å²) in [4.78, 5) is 11.7. The second-order valence-electron chi connectivity index (χ2n) is 13.0. The molecule has 3 fully saturated rings. The van der Waals surface area contributed by atoms with E-state index in [-0.39, 0.29) is 23.9 Å². The zero-order valence-corrected chi connectivity index (χ0v) is 21.3. The minimum absolute atomic E-state index is 0.0389. The van der Waals surface area contributed by atoms with Crippen LogP contribution >= 0.6 is 0 Å². The molecule has 0 spiro atoms. The number of carboxylic acids is 1. The number of carbonyl (C=O) groups is 1. The van der Waals surface area contributed by atoms with E-state index in [1.165, 1.54) is 50.5 Å². The molecule has 0 saturated heterocycles. The molecular weight excluding hydrogens is 396 g/mol. The van der Waals surface area contributed by atoms with E-state index < -0.39 is 5.97 Å². The van der Waals surface area contributed by atoms with Crippen molar-refractivity contribution in [2.45, 2.75) is 111 Å². The Morgan fingerprint density at radius 3 is 2.56 bits per heavy atom. The molecule has 0 bridgehead atoms. The van der Waals surface area contributed by atoms with Crippen LogP contribution in [0.1, 0.15) is 105 Å². The standard InChI is InChI=1S/C29H48O3/c1-18(2)7-6-8-19(3)24-11-12-25-23-10-9-20-15-22(30)16-21(17-27(31)32)29(20,5)26(23)13-14-28(24,25)4/h9,18-19,21-26,30H,6-8,10-17H2,1-5H3,(H,31,32)/t19-,21?,22-,23+,24-,25+,26+,28-,29-/m1/s1. The molecule has 0 heterocycles. The lowest BCUT2D eigenvalue weighted by molar-refractivity contribution is -0.142. The number of hydrogen-bond donors (Lipinski definition) is 2. The highest BCUT2D eigenvalue weighted by Gasteiger charge is 2.61. The summed E-state index contributed by atoms with van der Waals surface area (Å²) in [5.41, 5.74) is 1.79. The van der Waals surface area contributed by atoms with Crippen molar-refractivity contribution in [3.05, 3.63) is 11.6 Å². The monoisotopic (exact) mass is 444 g/mol. The van der Waals surface area contributed by atoms with Gasteiger partial charge in [0.05, 0.1) is 6.10 Å². The van der Waals surface area contributed by atoms with Gasteiger partial charge < -0.3 is 10.2 Å². The number of aliphatic hydroxyl groups excluding tert-OH is 1. The molecule has 3 nitrogen and oxygen atoms in total. The Morgan fingerprint density at radius 2 is 1.88 bits per heavy atom. The minimum atomic E-state index is -0.705. The Kier molecular flexibility index (Phi) is 6.90. The van der Waals surface area contributed by atoms with E-state index in [1.54, 1.807) is 0 Å². The summed E-state index contributed by atoms with van der Waals surface area (Å²) in [6.07, 6.45) is 14.2. The fourth-order valence-electron chi connectivity index (χ4n) is 9.41. The summed E-state index contributed by atoms with van der Waals surface area (Å²) in [7, 11) is 0. The highest BCUT2D eigenvalue weighted by Crippen LogP contribution is 2.68. The summed E-state index contributed by atoms with van der Waals surface area (Å²) in [6, 6.07) is 0. The quantitative estimate of drug-likeness (QED) is 0.412. The number of rotatable bonds is 7. The number of aliphatic carboxylic acids is 1. The van der Waals surface area contributed by atoms with Crippen LogP contribution in [0.15, 0.2) is 11.6 Å². The molecule has 0 aromatic rings. The Bertz CT molecular complexity index is 726. The van der Waals surface area contributed by atoms with Crippen LogP contribution in [0.4, 0.5) is 0 Å². The third-order valence-electron chi connectivity index (χ3n) is 11.0. The molecule has 3 heteroatoms. The second kappa shape index (κ2) is 9.08. The Morgan fingerprint density at radius 1 is 1.12 bits per heavy atom. The van der Waals surface area contributed by atoms with Gasteiger partial charge in [-0.15, -0.1) is 0 Å². The molecule has 2 N–H and O–H groups in total. The Balaban J connectivity index is 1.55. The van der Waals surface area contributed by atoms with Crippen LogP contribution in [-0.4, -0.2) is 22.3 Å². The molecule has 0 aliphatic heterocycles. The largest absolute Gasteiger partial charge is 0.481 e. The van der Waals surface area contributed by atoms with Crippen LogP contribution in [0.3, 0.4) is 0 Å². The van der Waals surface area contributed by atoms with Crippen molar-refractivity contribution in [2.75, 3.05) is 0 Å². The van der Waals surface area contributed by atoms with Gasteiger partial charge in [-0.2, -0.15) is 0 Å². The van der Waals surface area contributed by atoms with Gasteiger partial charge in [-0.05, 0) is 97.2 Å². The first-order chi connectivity index (χ1) is 15.1. The van der Waals surface area contributed by atoms with Crippen molar-refractivity contribution >= 4 is 5.97 Å². The van der Waals surface area contributed by atoms with Gasteiger partial charge in [-0.3, -0.25) is 4.79 Å². The number of aliphatic hydroxyl groups is 1. The topological polar surface area (TPSA) is 57.5 Å². The number of hydrogen-bond acceptors (Lipinski definition) is 2. The molecule has 4 rings (SSSR count). The summed E-state index contributed by atoms with van der Waals surface area (Å²) < 4.78 is 0. The molecule has 4 aliphatic rings. The van der Waals surface area contributed by atoms with E-state index in [4.69, 9.17) is 0 Å². The van der Waals surface area contributed by atoms with E-state index in [9.17, 15) is 15.0 Å². The SMILES string of the molecule is CC(C)CCC[C@@H](C)[C@H]1CC[C@H]2[C@@H]3CC=C4C[C@@H](O)CC(CC(=O)O)[C@]4(C)[C@H]3CC[C@]12C. The fourth-order valence-corrected chi connectivity index (χ4v) is 9.41. The third-order valence-corrected chi connectivity index (χ3v) is 11.0. The maximum atomic E-state index is 11.7. The highest BCUT2D eigenvalue weighted by molar-refractivity contribution is 5.67. The lowest BCUT2D eigenvalue weighted by Crippen LogP contribution is -2.54. The first kappa shape index (κ1) is 24.3. The molecule has 9 atom stereocenters. The van der Waals surface area contributed by atoms with Gasteiger partial charge in [-0.25, -0.2) is 0 Å². The maximum Gasteiger partial charge on any atom is 0.303 e. The van der Waals surface area contributed by atoms with E-state index in [2.05, 4.69) is 40.7 Å². The van der Waals surface area contributed by atoms with Crippen LogP contribution in [0.25, 0.3) is 0 Å². The van der Waals surface area contributed by atoms with Gasteiger partial charge in [0.2, 0.25) is 0 Å². The molecule has 0 amide bonds. The molecule has 1 unspecified atom stereocenters. The summed E-state index contributed by atoms with van der Waals surface area (Å²) in [6.45, 7) is 12.2. The number of allylic oxidation sites excluding steroid dienone is 1. The van der Waals surface area contributed by atoms with Gasteiger partial charge >= 0.3 is 5.97 Å². The molecular formula is C29H48O3. The second-order valence-corrected chi connectivity index (χ2v) is 13.0. The predicted octanol–water partition coefficient (Wildman–Crippen LogP) is 7.09. The summed E-state index contributed by atoms with van der Waals surface area (Å²) in [5.74, 6) is 3.90. The fraction of sp³-hybridized carbons (Fsp3) is 0.897. The van der Waals surface area contributed by atoms with Crippen molar-refractivity contribution < 1.29 is 15.0 Å². The van der Waals surface area contributed by atoms with Crippen molar-refractivity contribution in [3.8, 4) is 0 Å². The molecule has 182 valence electrons. The van der Waals surface area contributed by atoms with Gasteiger partial charge in [0.25, 0.3) is 0 Å². The van der Waals surface area contributed by atoms with Crippen molar-refractivity contribution in [3.63, 3.8) is 0 Å². The van der Waals surface area contributed by atoms with Crippen LogP contribution < -0.4 is 0 Å². The molecule has 0 radical (unpaired) electrons. The highest BCUT2D eigenvalue weighted by atomic mass is 16.4. The van der Waals surface area contributed by atoms with E-state index in [0.717, 1.165) is 36.5 Å². The van der Waals surface area contributed by atoms with Gasteiger partial charge in [-0.1, -0.05) is 65.5 Å². The molecule has 0 aromatic carbocycles. The van der Waals surface area contributed by atoms with Crippen LogP contribution in [0, 0.1) is 52.3 Å². The van der Waals surface area contributed by atoms with Crippen LogP contribution in [0.5, 0.6) is 0 Å². The normalized spacial score (nSPS) is 44.4. The average Bonchev–Trinajstić information content (AvgIpc) is 3.05. The van der Waals surface area contributed by atoms with Gasteiger partial charge in [0.1, 0.15) is 0 Å². The number of carboxylic acid groups (broad SMARTS) is 1. The van der Waals surface area contributed by atoms with Crippen molar-refractivity contribution in [2.24, 2.45) is 52.3 Å². The van der Waals surface area contributed by atoms with E-state index in [0.29, 0.717) is 23.7 Å². The van der Waals surface area contributed by atoms with Crippen LogP contribution in [-0.2, 0) is 4.79 Å². The lowest BCUT2D eigenvalue weighted by Gasteiger charge is -2.60. The predicted molar refractivity (Wildman–Crippen MR) is 130 cm³/mol. The summed E-state index contributed by atoms with van der Waals surface area (Å²) >= 11 is 0. The first-order valence-corrected chi connectivity index (χ1v) is 13.7. The smallest absolute Gasteiger partial charge is 0.303 e. The first-order valence-electron chi connectivity index (χ1n) is 13.7. The molecule has 4 aliphatic carbocycles. The third kappa shape index (κ3) is 4.10. The summed E-state index contributed by atoms with van der Waals surface area (Å²) in [5, 5.41) is 20.1. The van der Waals surface area contributed by atoms with Gasteiger partial charge in [0.15, 0.2) is 0 Å². The van der Waals surface area contributed by atoms with Gasteiger partial charge in [0, 0.05) is 6.42 Å². The van der Waals surface area contributed by atoms with E-state index in [1.807, 2.05) is 0 Å².